The fraction of sp³-hybridized carbons (Fsp3) is 0.467. The number of urea groups is 1. The Bertz CT molecular complexity index is 713. The molecule has 0 spiro atoms. The Kier molecular flexibility index (Phi) is 4.79. The first-order valence-electron chi connectivity index (χ1n) is 7.82. The summed E-state index contributed by atoms with van der Waals surface area (Å²) in [6, 6.07) is 0.698. The highest BCUT2D eigenvalue weighted by atomic mass is 32.1. The second kappa shape index (κ2) is 7.00. The number of hydrogen-bond donors (Lipinski definition) is 2. The van der Waals surface area contributed by atoms with Gasteiger partial charge in [-0.15, -0.1) is 11.3 Å². The van der Waals surface area contributed by atoms with Crippen molar-refractivity contribution in [3.8, 4) is 0 Å². The highest BCUT2D eigenvalue weighted by Gasteiger charge is 2.32. The molecule has 2 aromatic heterocycles. The van der Waals surface area contributed by atoms with Crippen molar-refractivity contribution in [1.82, 2.24) is 25.4 Å². The minimum Gasteiger partial charge on any atom is -0.329 e. The lowest BCUT2D eigenvalue weighted by atomic mass is 10.1. The van der Waals surface area contributed by atoms with E-state index in [1.807, 2.05) is 12.3 Å². The summed E-state index contributed by atoms with van der Waals surface area (Å²) in [5.41, 5.74) is 0. The Morgan fingerprint density at radius 2 is 2.33 bits per heavy atom. The second-order valence-corrected chi connectivity index (χ2v) is 6.67. The van der Waals surface area contributed by atoms with E-state index in [1.54, 1.807) is 35.1 Å². The first-order valence-corrected chi connectivity index (χ1v) is 8.70. The van der Waals surface area contributed by atoms with Gasteiger partial charge in [0.25, 0.3) is 5.91 Å². The van der Waals surface area contributed by atoms with Gasteiger partial charge in [-0.3, -0.25) is 14.4 Å². The number of thiazole rings is 1. The number of anilines is 1. The summed E-state index contributed by atoms with van der Waals surface area (Å²) in [7, 11) is 1.81. The van der Waals surface area contributed by atoms with E-state index >= 15 is 0 Å². The molecular weight excluding hydrogens is 328 g/mol. The Morgan fingerprint density at radius 3 is 3.00 bits per heavy atom. The van der Waals surface area contributed by atoms with Gasteiger partial charge < -0.3 is 10.6 Å². The van der Waals surface area contributed by atoms with Gasteiger partial charge in [0, 0.05) is 37.4 Å². The molecule has 3 rings (SSSR count). The van der Waals surface area contributed by atoms with E-state index in [-0.39, 0.29) is 18.0 Å². The van der Waals surface area contributed by atoms with Crippen molar-refractivity contribution < 1.29 is 9.59 Å². The van der Waals surface area contributed by atoms with Gasteiger partial charge in [0.2, 0.25) is 0 Å². The number of nitrogens with one attached hydrogen (secondary N) is 2. The molecule has 128 valence electrons. The van der Waals surface area contributed by atoms with Crippen LogP contribution in [0.1, 0.15) is 30.8 Å². The maximum absolute atomic E-state index is 12.6. The van der Waals surface area contributed by atoms with Gasteiger partial charge in [0.1, 0.15) is 11.0 Å². The van der Waals surface area contributed by atoms with E-state index in [2.05, 4.69) is 20.7 Å². The normalized spacial score (nSPS) is 19.2. The third-order valence-corrected chi connectivity index (χ3v) is 4.85. The molecular formula is C15H20N6O2S. The molecule has 1 saturated heterocycles. The molecule has 8 nitrogen and oxygen atoms in total. The zero-order chi connectivity index (χ0) is 17.1. The maximum Gasteiger partial charge on any atom is 0.315 e. The van der Waals surface area contributed by atoms with Crippen LogP contribution in [-0.4, -0.2) is 39.3 Å². The minimum absolute atomic E-state index is 0.128. The van der Waals surface area contributed by atoms with E-state index in [0.29, 0.717) is 18.8 Å². The number of nitrogens with zero attached hydrogens (tertiary/aromatic N) is 4. The Balaban J connectivity index is 1.60. The highest BCUT2D eigenvalue weighted by molar-refractivity contribution is 7.09. The third kappa shape index (κ3) is 3.56. The van der Waals surface area contributed by atoms with Crippen molar-refractivity contribution in [1.29, 1.82) is 0 Å². The van der Waals surface area contributed by atoms with Gasteiger partial charge in [-0.25, -0.2) is 9.78 Å². The van der Waals surface area contributed by atoms with E-state index in [1.165, 1.54) is 11.3 Å². The summed E-state index contributed by atoms with van der Waals surface area (Å²) in [4.78, 5) is 30.6. The average molecular weight is 348 g/mol. The summed E-state index contributed by atoms with van der Waals surface area (Å²) in [5.74, 6) is 0.488. The number of amides is 3. The molecule has 0 saturated carbocycles. The number of aryl methyl sites for hydroxylation is 1. The van der Waals surface area contributed by atoms with Crippen molar-refractivity contribution in [2.24, 2.45) is 7.05 Å². The molecule has 1 fully saturated rings. The van der Waals surface area contributed by atoms with Crippen molar-refractivity contribution in [3.05, 3.63) is 28.8 Å². The summed E-state index contributed by atoms with van der Waals surface area (Å²) in [6.45, 7) is 2.48. The fourth-order valence-corrected chi connectivity index (χ4v) is 3.34. The van der Waals surface area contributed by atoms with Crippen LogP contribution in [0.25, 0.3) is 0 Å². The van der Waals surface area contributed by atoms with E-state index in [0.717, 1.165) is 11.4 Å². The predicted octanol–water partition coefficient (Wildman–Crippen LogP) is 1.43. The van der Waals surface area contributed by atoms with Crippen molar-refractivity contribution in [2.45, 2.75) is 31.8 Å². The molecule has 0 unspecified atom stereocenters. The predicted molar refractivity (Wildman–Crippen MR) is 90.8 cm³/mol. The van der Waals surface area contributed by atoms with Crippen LogP contribution in [0.4, 0.5) is 10.6 Å². The average Bonchev–Trinajstić information content (AvgIpc) is 3.21. The molecule has 1 aliphatic heterocycles. The number of hydrogen-bond acceptors (Lipinski definition) is 5. The zero-order valence-electron chi connectivity index (χ0n) is 13.6. The third-order valence-electron chi connectivity index (χ3n) is 3.89. The van der Waals surface area contributed by atoms with Crippen LogP contribution in [0.5, 0.6) is 0 Å². The topological polar surface area (TPSA) is 92.2 Å². The molecule has 2 atom stereocenters. The van der Waals surface area contributed by atoms with Crippen molar-refractivity contribution in [3.63, 3.8) is 0 Å². The van der Waals surface area contributed by atoms with Crippen LogP contribution in [-0.2, 0) is 11.8 Å². The molecule has 0 aliphatic carbocycles. The van der Waals surface area contributed by atoms with Gasteiger partial charge in [0.05, 0.1) is 6.04 Å². The number of rotatable bonds is 4. The lowest BCUT2D eigenvalue weighted by molar-refractivity contribution is -0.121. The van der Waals surface area contributed by atoms with Gasteiger partial charge in [-0.1, -0.05) is 0 Å². The van der Waals surface area contributed by atoms with Gasteiger partial charge in [-0.2, -0.15) is 5.10 Å². The number of carbonyl (C=O) groups is 2. The molecule has 3 heterocycles. The van der Waals surface area contributed by atoms with Crippen molar-refractivity contribution >= 4 is 29.1 Å². The maximum atomic E-state index is 12.6. The van der Waals surface area contributed by atoms with Crippen LogP contribution in [0.2, 0.25) is 0 Å². The quantitative estimate of drug-likeness (QED) is 0.874. The fourth-order valence-electron chi connectivity index (χ4n) is 2.69. The SMILES string of the molecule is C[C@H](NC(=O)N[C@H]1CCCN(c2ccn(C)n2)C1=O)c1nccs1. The standard InChI is InChI=1S/C15H20N6O2S/c1-10(13-16-6-9-24-13)17-15(23)18-11-4-3-7-21(14(11)22)12-5-8-20(2)19-12/h5-6,8-11H,3-4,7H2,1-2H3,(H2,17,18,23)/t10-,11-/m0/s1. The van der Waals surface area contributed by atoms with Crippen LogP contribution >= 0.6 is 11.3 Å². The highest BCUT2D eigenvalue weighted by Crippen LogP contribution is 2.19. The van der Waals surface area contributed by atoms with Gasteiger partial charge >= 0.3 is 6.03 Å². The van der Waals surface area contributed by atoms with Crippen LogP contribution in [0.3, 0.4) is 0 Å². The molecule has 0 aromatic carbocycles. The molecule has 24 heavy (non-hydrogen) atoms. The smallest absolute Gasteiger partial charge is 0.315 e. The molecule has 0 bridgehead atoms. The first kappa shape index (κ1) is 16.4. The van der Waals surface area contributed by atoms with E-state index in [9.17, 15) is 9.59 Å². The van der Waals surface area contributed by atoms with E-state index in [4.69, 9.17) is 0 Å². The summed E-state index contributed by atoms with van der Waals surface area (Å²) >= 11 is 1.48. The molecule has 0 radical (unpaired) electrons. The number of piperidine rings is 1. The lowest BCUT2D eigenvalue weighted by Gasteiger charge is -2.31. The number of aromatic nitrogens is 3. The molecule has 1 aliphatic rings. The first-order chi connectivity index (χ1) is 11.5. The van der Waals surface area contributed by atoms with Crippen molar-refractivity contribution in [2.75, 3.05) is 11.4 Å². The van der Waals surface area contributed by atoms with Crippen LogP contribution in [0, 0.1) is 0 Å². The molecule has 9 heteroatoms. The second-order valence-electron chi connectivity index (χ2n) is 5.74. The molecule has 2 N–H and O–H groups in total. The Labute approximate surface area is 143 Å². The minimum atomic E-state index is -0.538. The summed E-state index contributed by atoms with van der Waals surface area (Å²) in [5, 5.41) is 12.5. The summed E-state index contributed by atoms with van der Waals surface area (Å²) < 4.78 is 1.65. The Morgan fingerprint density at radius 1 is 1.50 bits per heavy atom. The Hall–Kier alpha value is -2.42. The lowest BCUT2D eigenvalue weighted by Crippen LogP contribution is -2.54. The number of carbonyl (C=O) groups excluding carboxylic acids is 2. The van der Waals surface area contributed by atoms with E-state index < -0.39 is 6.04 Å². The molecule has 3 amide bonds. The largest absolute Gasteiger partial charge is 0.329 e. The van der Waals surface area contributed by atoms with Crippen LogP contribution < -0.4 is 15.5 Å². The van der Waals surface area contributed by atoms with Gasteiger partial charge in [0.15, 0.2) is 5.82 Å². The van der Waals surface area contributed by atoms with Gasteiger partial charge in [-0.05, 0) is 19.8 Å². The van der Waals surface area contributed by atoms with Crippen LogP contribution in [0.15, 0.2) is 23.8 Å². The zero-order valence-corrected chi connectivity index (χ0v) is 14.4. The summed E-state index contributed by atoms with van der Waals surface area (Å²) in [6.07, 6.45) is 4.93. The monoisotopic (exact) mass is 348 g/mol. The molecule has 2 aromatic rings.